The van der Waals surface area contributed by atoms with Crippen LogP contribution in [-0.2, 0) is 19.1 Å². The lowest BCUT2D eigenvalue weighted by Gasteiger charge is -2.32. The third-order valence-electron chi connectivity index (χ3n) is 6.33. The molecule has 0 aliphatic heterocycles. The lowest BCUT2D eigenvalue weighted by Crippen LogP contribution is -2.46. The number of hydrogen-bond donors (Lipinski definition) is 0. The minimum absolute atomic E-state index is 0.208. The summed E-state index contributed by atoms with van der Waals surface area (Å²) in [5.74, 6) is -2.94. The van der Waals surface area contributed by atoms with Crippen molar-refractivity contribution in [3.8, 4) is 34.1 Å². The van der Waals surface area contributed by atoms with Gasteiger partial charge in [0, 0.05) is 12.2 Å². The molecular weight excluding hydrogens is 560 g/mol. The quantitative estimate of drug-likeness (QED) is 0.0781. The summed E-state index contributed by atoms with van der Waals surface area (Å²) in [4.78, 5) is 24.3. The first-order valence-electron chi connectivity index (χ1n) is 14.1. The zero-order valence-electron chi connectivity index (χ0n) is 24.6. The van der Waals surface area contributed by atoms with E-state index in [1.165, 1.54) is 0 Å². The van der Waals surface area contributed by atoms with E-state index in [1.54, 1.807) is 62.4 Å². The predicted molar refractivity (Wildman–Crippen MR) is 166 cm³/mol. The standard InChI is InChI=1S/C36H34O8/c1-5-33(37)43-35(7-3,39-29-15-11-9-12-16-29)41-31-23-19-27(20-24-31)28-21-25-32(26-22-28)42-36(8-4,44-34(38)6-2)40-30-17-13-10-14-18-30/h5-6,9-26H,1-2,7-8H2,3-4H3. The number of para-hydroxylation sites is 2. The summed E-state index contributed by atoms with van der Waals surface area (Å²) in [6, 6.07) is 32.4. The molecular formula is C36H34O8. The number of esters is 2. The summed E-state index contributed by atoms with van der Waals surface area (Å²) in [6.45, 7) is 10.5. The molecule has 0 fully saturated rings. The van der Waals surface area contributed by atoms with Gasteiger partial charge in [0.2, 0.25) is 0 Å². The predicted octanol–water partition coefficient (Wildman–Crippen LogP) is 7.86. The number of hydrogen-bond acceptors (Lipinski definition) is 8. The Bertz CT molecular complexity index is 1420. The van der Waals surface area contributed by atoms with Gasteiger partial charge in [-0.1, -0.05) is 87.7 Å². The van der Waals surface area contributed by atoms with Gasteiger partial charge in [-0.25, -0.2) is 9.59 Å². The van der Waals surface area contributed by atoms with Gasteiger partial charge in [-0.3, -0.25) is 0 Å². The number of benzene rings is 4. The van der Waals surface area contributed by atoms with Crippen LogP contribution in [0.4, 0.5) is 0 Å². The largest absolute Gasteiger partial charge is 0.421 e. The van der Waals surface area contributed by atoms with Crippen molar-refractivity contribution in [2.45, 2.75) is 38.6 Å². The molecule has 0 N–H and O–H groups in total. The average Bonchev–Trinajstić information content (AvgIpc) is 3.06. The average molecular weight is 595 g/mol. The van der Waals surface area contributed by atoms with Gasteiger partial charge in [-0.15, -0.1) is 0 Å². The summed E-state index contributed by atoms with van der Waals surface area (Å²) >= 11 is 0. The van der Waals surface area contributed by atoms with E-state index in [9.17, 15) is 9.59 Å². The van der Waals surface area contributed by atoms with Gasteiger partial charge in [0.25, 0.3) is 0 Å². The SMILES string of the molecule is C=CC(=O)OC(CC)(Oc1ccccc1)Oc1ccc(-c2ccc(OC(CC)(OC(=O)C=C)Oc3ccccc3)cc2)cc1. The van der Waals surface area contributed by atoms with Gasteiger partial charge in [0.05, 0.1) is 12.8 Å². The van der Waals surface area contributed by atoms with Crippen LogP contribution in [0.2, 0.25) is 0 Å². The van der Waals surface area contributed by atoms with Gasteiger partial charge in [0.15, 0.2) is 0 Å². The molecule has 2 atom stereocenters. The maximum Gasteiger partial charge on any atom is 0.419 e. The van der Waals surface area contributed by atoms with Crippen LogP contribution >= 0.6 is 0 Å². The van der Waals surface area contributed by atoms with Gasteiger partial charge in [0.1, 0.15) is 23.0 Å². The Morgan fingerprint density at radius 1 is 0.523 bits per heavy atom. The fourth-order valence-electron chi connectivity index (χ4n) is 4.07. The number of carbonyl (C=O) groups is 2. The molecule has 8 heteroatoms. The summed E-state index contributed by atoms with van der Waals surface area (Å²) in [5.41, 5.74) is 1.77. The molecule has 44 heavy (non-hydrogen) atoms. The van der Waals surface area contributed by atoms with E-state index < -0.39 is 23.9 Å². The summed E-state index contributed by atoms with van der Waals surface area (Å²) in [5, 5.41) is 0. The highest BCUT2D eigenvalue weighted by atomic mass is 16.9. The highest BCUT2D eigenvalue weighted by Crippen LogP contribution is 2.32. The molecule has 0 heterocycles. The molecule has 0 aliphatic carbocycles. The fraction of sp³-hybridized carbons (Fsp3) is 0.167. The molecule has 0 amide bonds. The van der Waals surface area contributed by atoms with Crippen molar-refractivity contribution in [1.29, 1.82) is 0 Å². The van der Waals surface area contributed by atoms with Crippen molar-refractivity contribution >= 4 is 11.9 Å². The molecule has 0 aliphatic rings. The number of rotatable bonds is 15. The zero-order valence-corrected chi connectivity index (χ0v) is 24.6. The van der Waals surface area contributed by atoms with Crippen molar-refractivity contribution in [2.75, 3.05) is 0 Å². The third-order valence-corrected chi connectivity index (χ3v) is 6.33. The maximum atomic E-state index is 12.2. The van der Waals surface area contributed by atoms with E-state index >= 15 is 0 Å². The Morgan fingerprint density at radius 2 is 0.818 bits per heavy atom. The molecule has 2 unspecified atom stereocenters. The molecule has 4 aromatic carbocycles. The van der Waals surface area contributed by atoms with Crippen LogP contribution in [0.3, 0.4) is 0 Å². The normalized spacial score (nSPS) is 13.2. The van der Waals surface area contributed by atoms with Crippen LogP contribution in [0.15, 0.2) is 135 Å². The number of carbonyl (C=O) groups excluding carboxylic acids is 2. The molecule has 0 radical (unpaired) electrons. The lowest BCUT2D eigenvalue weighted by molar-refractivity contribution is -0.285. The molecule has 8 nitrogen and oxygen atoms in total. The fourth-order valence-corrected chi connectivity index (χ4v) is 4.07. The maximum absolute atomic E-state index is 12.2. The minimum Gasteiger partial charge on any atom is -0.421 e. The Balaban J connectivity index is 1.51. The van der Waals surface area contributed by atoms with E-state index in [4.69, 9.17) is 28.4 Å². The van der Waals surface area contributed by atoms with Gasteiger partial charge < -0.3 is 28.4 Å². The molecule has 0 saturated heterocycles. The van der Waals surface area contributed by atoms with Crippen LogP contribution in [-0.4, -0.2) is 23.9 Å². The minimum atomic E-state index is -1.70. The molecule has 0 aromatic heterocycles. The highest BCUT2D eigenvalue weighted by molar-refractivity contribution is 5.81. The van der Waals surface area contributed by atoms with E-state index in [-0.39, 0.29) is 12.8 Å². The molecule has 0 spiro atoms. The first kappa shape index (κ1) is 31.4. The Kier molecular flexibility index (Phi) is 10.4. The molecule has 226 valence electrons. The van der Waals surface area contributed by atoms with Crippen molar-refractivity contribution in [3.05, 3.63) is 135 Å². The second kappa shape index (κ2) is 14.6. The van der Waals surface area contributed by atoms with E-state index in [2.05, 4.69) is 13.2 Å². The third kappa shape index (κ3) is 8.29. The first-order valence-corrected chi connectivity index (χ1v) is 14.1. The van der Waals surface area contributed by atoms with Crippen molar-refractivity contribution in [2.24, 2.45) is 0 Å². The lowest BCUT2D eigenvalue weighted by atomic mass is 10.1. The topological polar surface area (TPSA) is 89.5 Å². The Morgan fingerprint density at radius 3 is 1.09 bits per heavy atom. The second-order valence-electron chi connectivity index (χ2n) is 9.41. The van der Waals surface area contributed by atoms with E-state index in [1.807, 2.05) is 60.7 Å². The monoisotopic (exact) mass is 594 g/mol. The molecule has 4 aromatic rings. The zero-order chi connectivity index (χ0) is 31.4. The van der Waals surface area contributed by atoms with Crippen LogP contribution in [0.1, 0.15) is 26.7 Å². The van der Waals surface area contributed by atoms with E-state index in [0.29, 0.717) is 23.0 Å². The van der Waals surface area contributed by atoms with Crippen molar-refractivity contribution in [3.63, 3.8) is 0 Å². The smallest absolute Gasteiger partial charge is 0.419 e. The molecule has 0 bridgehead atoms. The second-order valence-corrected chi connectivity index (χ2v) is 9.41. The first-order chi connectivity index (χ1) is 21.3. The summed E-state index contributed by atoms with van der Waals surface area (Å²) in [6.07, 6.45) is 2.53. The summed E-state index contributed by atoms with van der Waals surface area (Å²) in [7, 11) is 0. The van der Waals surface area contributed by atoms with Gasteiger partial charge in [-0.05, 0) is 59.7 Å². The molecule has 0 saturated carbocycles. The molecule has 4 rings (SSSR count). The Hall–Kier alpha value is -5.50. The van der Waals surface area contributed by atoms with Crippen molar-refractivity contribution < 1.29 is 38.0 Å². The van der Waals surface area contributed by atoms with Crippen LogP contribution in [0, 0.1) is 0 Å². The van der Waals surface area contributed by atoms with E-state index in [0.717, 1.165) is 23.3 Å². The van der Waals surface area contributed by atoms with Crippen LogP contribution in [0.25, 0.3) is 11.1 Å². The van der Waals surface area contributed by atoms with Crippen LogP contribution in [0.5, 0.6) is 23.0 Å². The van der Waals surface area contributed by atoms with Gasteiger partial charge in [-0.2, -0.15) is 0 Å². The van der Waals surface area contributed by atoms with Crippen LogP contribution < -0.4 is 18.9 Å². The van der Waals surface area contributed by atoms with Gasteiger partial charge >= 0.3 is 23.9 Å². The Labute approximate surface area is 257 Å². The highest BCUT2D eigenvalue weighted by Gasteiger charge is 2.39. The van der Waals surface area contributed by atoms with Crippen molar-refractivity contribution in [1.82, 2.24) is 0 Å². The number of ether oxygens (including phenoxy) is 6. The summed E-state index contributed by atoms with van der Waals surface area (Å²) < 4.78 is 35.3.